The number of hydrogen-bond acceptors (Lipinski definition) is 6. The second kappa shape index (κ2) is 7.41. The molecule has 146 valence electrons. The highest BCUT2D eigenvalue weighted by Crippen LogP contribution is 2.37. The van der Waals surface area contributed by atoms with Crippen molar-refractivity contribution in [2.24, 2.45) is 0 Å². The van der Waals surface area contributed by atoms with E-state index in [2.05, 4.69) is 21.9 Å². The Morgan fingerprint density at radius 3 is 2.69 bits per heavy atom. The molecular weight excluding hydrogens is 406 g/mol. The molecule has 0 saturated carbocycles. The molecule has 0 radical (unpaired) electrons. The summed E-state index contributed by atoms with van der Waals surface area (Å²) in [6.45, 7) is 0.479. The lowest BCUT2D eigenvalue weighted by Crippen LogP contribution is -2.43. The van der Waals surface area contributed by atoms with Gasteiger partial charge in [-0.2, -0.15) is 9.36 Å². The Hall–Kier alpha value is -3.04. The molecule has 1 aliphatic rings. The fourth-order valence-electron chi connectivity index (χ4n) is 3.70. The number of hydrogen-bond donors (Lipinski definition) is 0. The third kappa shape index (κ3) is 3.22. The molecule has 0 saturated heterocycles. The zero-order valence-electron chi connectivity index (χ0n) is 15.3. The van der Waals surface area contributed by atoms with Crippen molar-refractivity contribution in [2.75, 3.05) is 6.54 Å². The van der Waals surface area contributed by atoms with Gasteiger partial charge in [0.25, 0.3) is 0 Å². The number of aromatic nitrogens is 4. The van der Waals surface area contributed by atoms with Gasteiger partial charge in [-0.25, -0.2) is 4.79 Å². The number of benzene rings is 1. The second-order valence-corrected chi connectivity index (χ2v) is 8.66. The topological polar surface area (TPSA) is 73.0 Å². The minimum Gasteiger partial charge on any atom is -0.330 e. The molecule has 0 fully saturated rings. The Morgan fingerprint density at radius 2 is 1.90 bits per heavy atom. The average molecular weight is 424 g/mol. The van der Waals surface area contributed by atoms with Gasteiger partial charge in [0.05, 0.1) is 6.04 Å². The largest absolute Gasteiger partial charge is 0.369 e. The standard InChI is InChI=1S/C20H17N5O2S2/c26-17(13-24-20(27)25(22-21-24)18-7-4-11-29-18)23-10-8-16-15(9-12-28-16)19(23)14-5-2-1-3-6-14/h1-7,9,11-12,19H,8,10,13H2. The zero-order valence-corrected chi connectivity index (χ0v) is 17.0. The Balaban J connectivity index is 1.46. The minimum atomic E-state index is -0.412. The molecule has 5 rings (SSSR count). The summed E-state index contributed by atoms with van der Waals surface area (Å²) in [5, 5.41) is 12.5. The Kier molecular flexibility index (Phi) is 4.61. The molecule has 29 heavy (non-hydrogen) atoms. The maximum Gasteiger partial charge on any atom is 0.369 e. The molecular formula is C20H17N5O2S2. The molecule has 0 N–H and O–H groups in total. The molecule has 1 atom stereocenters. The molecule has 1 aliphatic heterocycles. The predicted molar refractivity (Wildman–Crippen MR) is 112 cm³/mol. The lowest BCUT2D eigenvalue weighted by molar-refractivity contribution is -0.134. The maximum absolute atomic E-state index is 13.2. The summed E-state index contributed by atoms with van der Waals surface area (Å²) in [5.74, 6) is -0.143. The lowest BCUT2D eigenvalue weighted by atomic mass is 9.93. The molecule has 1 aromatic carbocycles. The number of carbonyl (C=O) groups is 1. The van der Waals surface area contributed by atoms with Crippen molar-refractivity contribution in [3.8, 4) is 5.00 Å². The molecule has 0 aliphatic carbocycles. The summed E-state index contributed by atoms with van der Waals surface area (Å²) in [7, 11) is 0. The summed E-state index contributed by atoms with van der Waals surface area (Å²) in [5.41, 5.74) is 1.82. The van der Waals surface area contributed by atoms with Crippen LogP contribution in [0.1, 0.15) is 22.0 Å². The van der Waals surface area contributed by atoms with Crippen LogP contribution in [0, 0.1) is 0 Å². The number of amides is 1. The highest BCUT2D eigenvalue weighted by atomic mass is 32.1. The van der Waals surface area contributed by atoms with Gasteiger partial charge in [-0.05, 0) is 56.9 Å². The van der Waals surface area contributed by atoms with E-state index in [1.54, 1.807) is 17.4 Å². The first-order valence-electron chi connectivity index (χ1n) is 9.20. The highest BCUT2D eigenvalue weighted by molar-refractivity contribution is 7.12. The van der Waals surface area contributed by atoms with Crippen LogP contribution in [0.4, 0.5) is 0 Å². The molecule has 7 nitrogen and oxygen atoms in total. The van der Waals surface area contributed by atoms with E-state index in [0.717, 1.165) is 22.2 Å². The Morgan fingerprint density at radius 1 is 1.03 bits per heavy atom. The van der Waals surface area contributed by atoms with Crippen molar-refractivity contribution < 1.29 is 4.79 Å². The first-order chi connectivity index (χ1) is 14.2. The zero-order chi connectivity index (χ0) is 19.8. The predicted octanol–water partition coefficient (Wildman–Crippen LogP) is 2.73. The molecule has 0 bridgehead atoms. The average Bonchev–Trinajstić information content (AvgIpc) is 3.49. The smallest absolute Gasteiger partial charge is 0.330 e. The number of tetrazole rings is 1. The van der Waals surface area contributed by atoms with Gasteiger partial charge in [0.2, 0.25) is 5.91 Å². The molecule has 4 aromatic rings. The molecule has 4 heterocycles. The van der Waals surface area contributed by atoms with E-state index in [1.807, 2.05) is 46.7 Å². The van der Waals surface area contributed by atoms with E-state index in [4.69, 9.17) is 0 Å². The molecule has 1 unspecified atom stereocenters. The van der Waals surface area contributed by atoms with Crippen LogP contribution in [-0.2, 0) is 17.8 Å². The van der Waals surface area contributed by atoms with Crippen LogP contribution in [0.2, 0.25) is 0 Å². The van der Waals surface area contributed by atoms with Gasteiger partial charge >= 0.3 is 5.69 Å². The molecule has 1 amide bonds. The van der Waals surface area contributed by atoms with Crippen LogP contribution in [0.3, 0.4) is 0 Å². The molecule has 3 aromatic heterocycles. The van der Waals surface area contributed by atoms with E-state index in [9.17, 15) is 9.59 Å². The number of nitrogens with zero attached hydrogens (tertiary/aromatic N) is 5. The van der Waals surface area contributed by atoms with Gasteiger partial charge in [0.1, 0.15) is 11.5 Å². The van der Waals surface area contributed by atoms with Crippen LogP contribution >= 0.6 is 22.7 Å². The van der Waals surface area contributed by atoms with Crippen LogP contribution in [0.25, 0.3) is 5.00 Å². The van der Waals surface area contributed by atoms with Gasteiger partial charge in [-0.15, -0.1) is 22.7 Å². The quantitative estimate of drug-likeness (QED) is 0.506. The number of carbonyl (C=O) groups excluding carboxylic acids is 1. The van der Waals surface area contributed by atoms with E-state index in [0.29, 0.717) is 11.5 Å². The van der Waals surface area contributed by atoms with Crippen molar-refractivity contribution in [1.29, 1.82) is 0 Å². The lowest BCUT2D eigenvalue weighted by Gasteiger charge is -2.36. The fraction of sp³-hybridized carbons (Fsp3) is 0.200. The summed E-state index contributed by atoms with van der Waals surface area (Å²) in [6.07, 6.45) is 0.818. The van der Waals surface area contributed by atoms with E-state index < -0.39 is 5.69 Å². The van der Waals surface area contributed by atoms with Crippen LogP contribution in [0.15, 0.2) is 64.1 Å². The maximum atomic E-state index is 13.2. The SMILES string of the molecule is O=C(Cn1nnn(-c2cccs2)c1=O)N1CCc2sccc2C1c1ccccc1. The summed E-state index contributed by atoms with van der Waals surface area (Å²) >= 11 is 3.12. The van der Waals surface area contributed by atoms with Gasteiger partial charge in [0.15, 0.2) is 0 Å². The summed E-state index contributed by atoms with van der Waals surface area (Å²) in [6, 6.07) is 15.6. The first-order valence-corrected chi connectivity index (χ1v) is 11.0. The number of fused-ring (bicyclic) bond motifs is 1. The third-order valence-electron chi connectivity index (χ3n) is 5.04. The van der Waals surface area contributed by atoms with Gasteiger partial charge < -0.3 is 4.90 Å². The monoisotopic (exact) mass is 423 g/mol. The fourth-order valence-corrected chi connectivity index (χ4v) is 5.27. The van der Waals surface area contributed by atoms with Crippen molar-refractivity contribution in [1.82, 2.24) is 24.7 Å². The number of rotatable bonds is 4. The minimum absolute atomic E-state index is 0.132. The van der Waals surface area contributed by atoms with Crippen LogP contribution in [0.5, 0.6) is 0 Å². The van der Waals surface area contributed by atoms with Crippen LogP contribution in [-0.4, -0.2) is 37.1 Å². The molecule has 0 spiro atoms. The number of thiophene rings is 2. The van der Waals surface area contributed by atoms with Crippen molar-refractivity contribution in [3.63, 3.8) is 0 Å². The van der Waals surface area contributed by atoms with Gasteiger partial charge in [-0.1, -0.05) is 30.3 Å². The van der Waals surface area contributed by atoms with E-state index in [-0.39, 0.29) is 18.5 Å². The van der Waals surface area contributed by atoms with Crippen molar-refractivity contribution in [2.45, 2.75) is 19.0 Å². The summed E-state index contributed by atoms with van der Waals surface area (Å²) in [4.78, 5) is 29.0. The first kappa shape index (κ1) is 18.0. The Labute approximate surface area is 174 Å². The summed E-state index contributed by atoms with van der Waals surface area (Å²) < 4.78 is 2.35. The van der Waals surface area contributed by atoms with Gasteiger partial charge in [0, 0.05) is 11.4 Å². The second-order valence-electron chi connectivity index (χ2n) is 6.73. The van der Waals surface area contributed by atoms with E-state index in [1.165, 1.54) is 20.9 Å². The third-order valence-corrected chi connectivity index (χ3v) is 6.88. The normalized spacial score (nSPS) is 16.0. The van der Waals surface area contributed by atoms with Crippen LogP contribution < -0.4 is 5.69 Å². The highest BCUT2D eigenvalue weighted by Gasteiger charge is 2.33. The Bertz CT molecular complexity index is 1190. The van der Waals surface area contributed by atoms with Gasteiger partial charge in [-0.3, -0.25) is 4.79 Å². The van der Waals surface area contributed by atoms with E-state index >= 15 is 0 Å². The van der Waals surface area contributed by atoms with Crippen molar-refractivity contribution in [3.05, 3.63) is 85.8 Å². The molecule has 9 heteroatoms. The van der Waals surface area contributed by atoms with Crippen molar-refractivity contribution >= 4 is 28.6 Å².